The predicted molar refractivity (Wildman–Crippen MR) is 107 cm³/mol. The average Bonchev–Trinajstić information content (AvgIpc) is 2.55. The maximum atomic E-state index is 6.27. The highest BCUT2D eigenvalue weighted by molar-refractivity contribution is 6.17. The van der Waals surface area contributed by atoms with Crippen LogP contribution >= 0.6 is 11.6 Å². The molecule has 0 fully saturated rings. The predicted octanol–water partition coefficient (Wildman–Crippen LogP) is 6.45. The number of aromatic nitrogens is 1. The largest absolute Gasteiger partial charge is 0.438 e. The molecule has 1 heterocycles. The molecule has 0 aliphatic carbocycles. The first-order valence-corrected chi connectivity index (χ1v) is 9.51. The molecule has 0 spiro atoms. The van der Waals surface area contributed by atoms with Crippen LogP contribution in [0.5, 0.6) is 11.6 Å². The Kier molecular flexibility index (Phi) is 6.71. The zero-order valence-electron chi connectivity index (χ0n) is 16.2. The first-order chi connectivity index (χ1) is 11.9. The molecule has 0 saturated carbocycles. The molecule has 0 saturated heterocycles. The SMILES string of the molecule is CCC(CC)Nc1cc(C)nc(Oc2c(C)cc(C)cc2C)c1CCl. The minimum Gasteiger partial charge on any atom is -0.438 e. The Morgan fingerprint density at radius 1 is 1.04 bits per heavy atom. The van der Waals surface area contributed by atoms with Crippen LogP contribution in [0.25, 0.3) is 0 Å². The topological polar surface area (TPSA) is 34.2 Å². The average molecular weight is 361 g/mol. The number of nitrogens with one attached hydrogen (secondary N) is 1. The van der Waals surface area contributed by atoms with E-state index in [1.54, 1.807) is 0 Å². The molecule has 0 radical (unpaired) electrons. The van der Waals surface area contributed by atoms with E-state index in [1.165, 1.54) is 5.56 Å². The lowest BCUT2D eigenvalue weighted by molar-refractivity contribution is 0.450. The summed E-state index contributed by atoms with van der Waals surface area (Å²) in [7, 11) is 0. The number of alkyl halides is 1. The summed E-state index contributed by atoms with van der Waals surface area (Å²) in [5.74, 6) is 1.82. The monoisotopic (exact) mass is 360 g/mol. The van der Waals surface area contributed by atoms with Crippen molar-refractivity contribution in [2.24, 2.45) is 0 Å². The van der Waals surface area contributed by atoms with Crippen molar-refractivity contribution in [3.63, 3.8) is 0 Å². The number of rotatable bonds is 7. The number of halogens is 1. The molecule has 0 atom stereocenters. The summed E-state index contributed by atoms with van der Waals surface area (Å²) in [6.07, 6.45) is 2.12. The fourth-order valence-electron chi connectivity index (χ4n) is 3.15. The van der Waals surface area contributed by atoms with E-state index in [0.29, 0.717) is 17.8 Å². The second kappa shape index (κ2) is 8.57. The molecule has 0 aliphatic rings. The molecule has 1 aromatic carbocycles. The highest BCUT2D eigenvalue weighted by Gasteiger charge is 2.17. The van der Waals surface area contributed by atoms with E-state index in [0.717, 1.165) is 46.7 Å². The standard InChI is InChI=1S/C21H29ClN2O/c1-7-17(8-2)24-19-11-16(6)23-21(18(19)12-22)25-20-14(4)9-13(3)10-15(20)5/h9-11,17H,7-8,12H2,1-6H3,(H,23,24). The molecule has 0 amide bonds. The Labute approximate surface area is 156 Å². The molecule has 0 bridgehead atoms. The maximum Gasteiger partial charge on any atom is 0.225 e. The van der Waals surface area contributed by atoms with Gasteiger partial charge < -0.3 is 10.1 Å². The van der Waals surface area contributed by atoms with Crippen molar-refractivity contribution >= 4 is 17.3 Å². The molecule has 1 aromatic heterocycles. The Morgan fingerprint density at radius 2 is 1.64 bits per heavy atom. The van der Waals surface area contributed by atoms with Gasteiger partial charge in [-0.05, 0) is 57.7 Å². The number of benzene rings is 1. The highest BCUT2D eigenvalue weighted by Crippen LogP contribution is 2.35. The van der Waals surface area contributed by atoms with Crippen molar-refractivity contribution in [1.29, 1.82) is 0 Å². The third-order valence-corrected chi connectivity index (χ3v) is 4.76. The molecular formula is C21H29ClN2O. The van der Waals surface area contributed by atoms with Gasteiger partial charge in [0.15, 0.2) is 0 Å². The number of ether oxygens (including phenoxy) is 1. The van der Waals surface area contributed by atoms with Gasteiger partial charge >= 0.3 is 0 Å². The third kappa shape index (κ3) is 4.66. The minimum atomic E-state index is 0.356. The molecule has 0 aliphatic heterocycles. The van der Waals surface area contributed by atoms with E-state index >= 15 is 0 Å². The van der Waals surface area contributed by atoms with Crippen LogP contribution in [0, 0.1) is 27.7 Å². The van der Waals surface area contributed by atoms with Gasteiger partial charge in [-0.1, -0.05) is 31.5 Å². The van der Waals surface area contributed by atoms with Gasteiger partial charge in [0, 0.05) is 17.4 Å². The smallest absolute Gasteiger partial charge is 0.225 e. The van der Waals surface area contributed by atoms with E-state index in [9.17, 15) is 0 Å². The van der Waals surface area contributed by atoms with E-state index in [2.05, 4.69) is 63.1 Å². The molecular weight excluding hydrogens is 332 g/mol. The van der Waals surface area contributed by atoms with Crippen molar-refractivity contribution in [3.8, 4) is 11.6 Å². The zero-order chi connectivity index (χ0) is 18.6. The lowest BCUT2D eigenvalue weighted by atomic mass is 10.1. The van der Waals surface area contributed by atoms with Crippen LogP contribution in [-0.2, 0) is 5.88 Å². The number of aryl methyl sites for hydroxylation is 4. The fourth-order valence-corrected chi connectivity index (χ4v) is 3.41. The quantitative estimate of drug-likeness (QED) is 0.576. The number of hydrogen-bond acceptors (Lipinski definition) is 3. The first-order valence-electron chi connectivity index (χ1n) is 8.98. The number of pyridine rings is 1. The summed E-state index contributed by atoms with van der Waals surface area (Å²) in [6, 6.07) is 6.72. The Morgan fingerprint density at radius 3 is 2.16 bits per heavy atom. The van der Waals surface area contributed by atoms with Gasteiger partial charge in [0.1, 0.15) is 5.75 Å². The first kappa shape index (κ1) is 19.6. The van der Waals surface area contributed by atoms with E-state index < -0.39 is 0 Å². The molecule has 4 heteroatoms. The summed E-state index contributed by atoms with van der Waals surface area (Å²) < 4.78 is 6.25. The second-order valence-corrected chi connectivity index (χ2v) is 6.98. The van der Waals surface area contributed by atoms with Gasteiger partial charge in [0.2, 0.25) is 5.88 Å². The summed E-state index contributed by atoms with van der Waals surface area (Å²) in [4.78, 5) is 4.62. The van der Waals surface area contributed by atoms with Crippen LogP contribution in [0.15, 0.2) is 18.2 Å². The molecule has 1 N–H and O–H groups in total. The van der Waals surface area contributed by atoms with Crippen molar-refractivity contribution in [3.05, 3.63) is 46.1 Å². The van der Waals surface area contributed by atoms with Crippen LogP contribution < -0.4 is 10.1 Å². The summed E-state index contributed by atoms with van der Waals surface area (Å²) in [5, 5.41) is 3.60. The fraction of sp³-hybridized carbons (Fsp3) is 0.476. The number of nitrogens with zero attached hydrogens (tertiary/aromatic N) is 1. The summed E-state index contributed by atoms with van der Waals surface area (Å²) in [5.41, 5.74) is 6.30. The van der Waals surface area contributed by atoms with E-state index in [1.807, 2.05) is 6.92 Å². The second-order valence-electron chi connectivity index (χ2n) is 6.72. The van der Waals surface area contributed by atoms with E-state index in [-0.39, 0.29) is 0 Å². The van der Waals surface area contributed by atoms with Gasteiger partial charge in [-0.15, -0.1) is 11.6 Å². The van der Waals surface area contributed by atoms with Crippen LogP contribution in [0.2, 0.25) is 0 Å². The Hall–Kier alpha value is -1.74. The van der Waals surface area contributed by atoms with Crippen LogP contribution in [0.3, 0.4) is 0 Å². The molecule has 0 unspecified atom stereocenters. The van der Waals surface area contributed by atoms with Gasteiger partial charge in [-0.2, -0.15) is 0 Å². The summed E-state index contributed by atoms with van der Waals surface area (Å²) in [6.45, 7) is 12.6. The third-order valence-electron chi connectivity index (χ3n) is 4.50. The minimum absolute atomic E-state index is 0.356. The van der Waals surface area contributed by atoms with Crippen molar-refractivity contribution in [1.82, 2.24) is 4.98 Å². The number of hydrogen-bond donors (Lipinski definition) is 1. The molecule has 25 heavy (non-hydrogen) atoms. The Balaban J connectivity index is 2.46. The maximum absolute atomic E-state index is 6.27. The van der Waals surface area contributed by atoms with Gasteiger partial charge in [-0.3, -0.25) is 0 Å². The molecule has 136 valence electrons. The lowest BCUT2D eigenvalue weighted by Gasteiger charge is -2.21. The van der Waals surface area contributed by atoms with Crippen LogP contribution in [0.1, 0.15) is 54.6 Å². The number of anilines is 1. The lowest BCUT2D eigenvalue weighted by Crippen LogP contribution is -2.18. The van der Waals surface area contributed by atoms with Gasteiger partial charge in [0.25, 0.3) is 0 Å². The van der Waals surface area contributed by atoms with Gasteiger partial charge in [-0.25, -0.2) is 4.98 Å². The highest BCUT2D eigenvalue weighted by atomic mass is 35.5. The Bertz CT molecular complexity index is 716. The van der Waals surface area contributed by atoms with Gasteiger partial charge in [0.05, 0.1) is 11.4 Å². The van der Waals surface area contributed by atoms with Crippen molar-refractivity contribution in [2.75, 3.05) is 5.32 Å². The molecule has 3 nitrogen and oxygen atoms in total. The molecule has 2 aromatic rings. The molecule has 2 rings (SSSR count). The summed E-state index contributed by atoms with van der Waals surface area (Å²) >= 11 is 6.27. The normalized spacial score (nSPS) is 11.0. The van der Waals surface area contributed by atoms with Crippen LogP contribution in [0.4, 0.5) is 5.69 Å². The van der Waals surface area contributed by atoms with E-state index in [4.69, 9.17) is 16.3 Å². The van der Waals surface area contributed by atoms with Crippen LogP contribution in [-0.4, -0.2) is 11.0 Å². The van der Waals surface area contributed by atoms with Crippen molar-refractivity contribution in [2.45, 2.75) is 66.3 Å². The zero-order valence-corrected chi connectivity index (χ0v) is 16.9. The van der Waals surface area contributed by atoms with Crippen molar-refractivity contribution < 1.29 is 4.74 Å².